The molecule has 1 aromatic heterocycles. The van der Waals surface area contributed by atoms with Crippen LogP contribution in [0.5, 0.6) is 0 Å². The predicted molar refractivity (Wildman–Crippen MR) is 88.8 cm³/mol. The second-order valence-corrected chi connectivity index (χ2v) is 6.77. The number of aromatic nitrogens is 1. The summed E-state index contributed by atoms with van der Waals surface area (Å²) in [5, 5.41) is 7.04. The van der Waals surface area contributed by atoms with Crippen LogP contribution in [0.15, 0.2) is 0 Å². The topological polar surface area (TPSA) is 80.0 Å². The van der Waals surface area contributed by atoms with Gasteiger partial charge in [-0.25, -0.2) is 4.98 Å². The fraction of sp³-hybridized carbons (Fsp3) is 0.733. The summed E-state index contributed by atoms with van der Waals surface area (Å²) in [6.07, 6.45) is 6.85. The van der Waals surface area contributed by atoms with Gasteiger partial charge < -0.3 is 16.4 Å². The summed E-state index contributed by atoms with van der Waals surface area (Å²) in [6.45, 7) is 5.15. The van der Waals surface area contributed by atoms with E-state index in [9.17, 15) is 4.79 Å². The lowest BCUT2D eigenvalue weighted by molar-refractivity contribution is 0.0924. The fourth-order valence-corrected chi connectivity index (χ4v) is 3.66. The molecule has 2 unspecified atom stereocenters. The van der Waals surface area contributed by atoms with Crippen molar-refractivity contribution in [1.82, 2.24) is 10.3 Å². The van der Waals surface area contributed by atoms with Crippen molar-refractivity contribution in [2.45, 2.75) is 58.4 Å². The number of hydrogen-bond donors (Lipinski definition) is 3. The van der Waals surface area contributed by atoms with Gasteiger partial charge in [0.25, 0.3) is 5.91 Å². The standard InChI is InChI=1S/C15H26N4OS/c1-3-8-17-15-19-13(16)12(21-15)14(20)18-11-7-5-6-10(4-2)9-11/h10-11H,3-9,16H2,1-2H3,(H,17,19)(H,18,20). The van der Waals surface area contributed by atoms with Crippen LogP contribution in [0.2, 0.25) is 0 Å². The fourth-order valence-electron chi connectivity index (χ4n) is 2.85. The molecule has 2 rings (SSSR count). The van der Waals surface area contributed by atoms with Crippen molar-refractivity contribution in [2.24, 2.45) is 5.92 Å². The van der Waals surface area contributed by atoms with Gasteiger partial charge in [0.1, 0.15) is 10.7 Å². The Kier molecular flexibility index (Phi) is 5.85. The molecule has 1 amide bonds. The van der Waals surface area contributed by atoms with Crippen molar-refractivity contribution in [2.75, 3.05) is 17.6 Å². The van der Waals surface area contributed by atoms with Crippen molar-refractivity contribution < 1.29 is 4.79 Å². The molecule has 0 aromatic carbocycles. The largest absolute Gasteiger partial charge is 0.382 e. The Balaban J connectivity index is 1.95. The number of nitrogens with two attached hydrogens (primary N) is 1. The Hall–Kier alpha value is -1.30. The number of carbonyl (C=O) groups excluding carboxylic acids is 1. The highest BCUT2D eigenvalue weighted by Crippen LogP contribution is 2.28. The summed E-state index contributed by atoms with van der Waals surface area (Å²) in [5.74, 6) is 1.000. The molecule has 1 saturated carbocycles. The molecule has 0 radical (unpaired) electrons. The molecular weight excluding hydrogens is 284 g/mol. The molecule has 1 aromatic rings. The van der Waals surface area contributed by atoms with Gasteiger partial charge in [-0.3, -0.25) is 4.79 Å². The van der Waals surface area contributed by atoms with Gasteiger partial charge in [0.15, 0.2) is 5.13 Å². The van der Waals surface area contributed by atoms with Crippen molar-refractivity contribution in [3.05, 3.63) is 4.88 Å². The van der Waals surface area contributed by atoms with Crippen LogP contribution in [-0.2, 0) is 0 Å². The number of anilines is 2. The summed E-state index contributed by atoms with van der Waals surface area (Å²) in [4.78, 5) is 17.1. The van der Waals surface area contributed by atoms with Crippen LogP contribution in [0.25, 0.3) is 0 Å². The second kappa shape index (κ2) is 7.64. The van der Waals surface area contributed by atoms with Crippen LogP contribution in [0.1, 0.15) is 62.0 Å². The molecule has 5 nitrogen and oxygen atoms in total. The third-order valence-electron chi connectivity index (χ3n) is 4.08. The van der Waals surface area contributed by atoms with Crippen LogP contribution < -0.4 is 16.4 Å². The van der Waals surface area contributed by atoms with E-state index in [1.165, 1.54) is 30.6 Å². The van der Waals surface area contributed by atoms with Crippen LogP contribution >= 0.6 is 11.3 Å². The number of nitrogens with one attached hydrogen (secondary N) is 2. The molecule has 21 heavy (non-hydrogen) atoms. The van der Waals surface area contributed by atoms with E-state index in [-0.39, 0.29) is 11.9 Å². The Morgan fingerprint density at radius 3 is 2.95 bits per heavy atom. The Morgan fingerprint density at radius 2 is 2.24 bits per heavy atom. The molecule has 1 fully saturated rings. The highest BCUT2D eigenvalue weighted by atomic mass is 32.1. The zero-order valence-electron chi connectivity index (χ0n) is 12.9. The minimum atomic E-state index is -0.0729. The van der Waals surface area contributed by atoms with E-state index in [1.807, 2.05) is 0 Å². The van der Waals surface area contributed by atoms with E-state index >= 15 is 0 Å². The molecule has 6 heteroatoms. The van der Waals surface area contributed by atoms with Crippen LogP contribution in [0.4, 0.5) is 10.9 Å². The van der Waals surface area contributed by atoms with E-state index in [0.29, 0.717) is 10.7 Å². The number of nitrogen functional groups attached to an aromatic ring is 1. The van der Waals surface area contributed by atoms with Gasteiger partial charge in [0.05, 0.1) is 0 Å². The summed E-state index contributed by atoms with van der Waals surface area (Å²) in [6, 6.07) is 0.282. The second-order valence-electron chi connectivity index (χ2n) is 5.77. The minimum absolute atomic E-state index is 0.0729. The summed E-state index contributed by atoms with van der Waals surface area (Å²) >= 11 is 1.34. The van der Waals surface area contributed by atoms with Crippen molar-refractivity contribution in [3.63, 3.8) is 0 Å². The third-order valence-corrected chi connectivity index (χ3v) is 5.11. The maximum Gasteiger partial charge on any atom is 0.265 e. The van der Waals surface area contributed by atoms with Crippen molar-refractivity contribution in [3.8, 4) is 0 Å². The molecule has 118 valence electrons. The van der Waals surface area contributed by atoms with Gasteiger partial charge in [-0.2, -0.15) is 0 Å². The molecule has 1 aliphatic carbocycles. The number of hydrogen-bond acceptors (Lipinski definition) is 5. The lowest BCUT2D eigenvalue weighted by atomic mass is 9.84. The summed E-state index contributed by atoms with van der Waals surface area (Å²) in [5.41, 5.74) is 5.87. The van der Waals surface area contributed by atoms with E-state index in [0.717, 1.165) is 36.9 Å². The smallest absolute Gasteiger partial charge is 0.265 e. The number of carbonyl (C=O) groups is 1. The number of nitrogens with zero attached hydrogens (tertiary/aromatic N) is 1. The van der Waals surface area contributed by atoms with E-state index < -0.39 is 0 Å². The summed E-state index contributed by atoms with van der Waals surface area (Å²) < 4.78 is 0. The van der Waals surface area contributed by atoms with Gasteiger partial charge in [-0.15, -0.1) is 0 Å². The number of amides is 1. The molecule has 0 saturated heterocycles. The molecule has 1 aliphatic rings. The normalized spacial score (nSPS) is 22.0. The van der Waals surface area contributed by atoms with E-state index in [2.05, 4.69) is 29.5 Å². The van der Waals surface area contributed by atoms with Gasteiger partial charge in [0.2, 0.25) is 0 Å². The Morgan fingerprint density at radius 1 is 1.43 bits per heavy atom. The lowest BCUT2D eigenvalue weighted by Crippen LogP contribution is -2.38. The molecule has 2 atom stereocenters. The minimum Gasteiger partial charge on any atom is -0.382 e. The maximum atomic E-state index is 12.4. The monoisotopic (exact) mass is 310 g/mol. The SMILES string of the molecule is CCCNc1nc(N)c(C(=O)NC2CCCC(CC)C2)s1. The molecular formula is C15H26N4OS. The zero-order valence-corrected chi connectivity index (χ0v) is 13.8. The highest BCUT2D eigenvalue weighted by Gasteiger charge is 2.24. The van der Waals surface area contributed by atoms with Crippen LogP contribution in [0, 0.1) is 5.92 Å². The zero-order chi connectivity index (χ0) is 15.2. The first kappa shape index (κ1) is 16.1. The quantitative estimate of drug-likeness (QED) is 0.753. The van der Waals surface area contributed by atoms with Gasteiger partial charge in [-0.1, -0.05) is 44.4 Å². The summed E-state index contributed by atoms with van der Waals surface area (Å²) in [7, 11) is 0. The predicted octanol–water partition coefficient (Wildman–Crippen LogP) is 3.25. The highest BCUT2D eigenvalue weighted by molar-refractivity contribution is 7.18. The first-order valence-electron chi connectivity index (χ1n) is 7.95. The van der Waals surface area contributed by atoms with Crippen molar-refractivity contribution >= 4 is 28.2 Å². The molecule has 4 N–H and O–H groups in total. The Bertz CT molecular complexity index is 474. The average molecular weight is 310 g/mol. The average Bonchev–Trinajstić information content (AvgIpc) is 2.86. The van der Waals surface area contributed by atoms with Crippen LogP contribution in [-0.4, -0.2) is 23.5 Å². The molecule has 0 aliphatic heterocycles. The number of thiazole rings is 1. The Labute approximate surface area is 130 Å². The number of rotatable bonds is 6. The van der Waals surface area contributed by atoms with E-state index in [4.69, 9.17) is 5.73 Å². The van der Waals surface area contributed by atoms with Gasteiger partial charge in [0, 0.05) is 12.6 Å². The molecule has 0 spiro atoms. The third kappa shape index (κ3) is 4.33. The first-order valence-corrected chi connectivity index (χ1v) is 8.76. The van der Waals surface area contributed by atoms with E-state index in [1.54, 1.807) is 0 Å². The molecule has 1 heterocycles. The van der Waals surface area contributed by atoms with Crippen molar-refractivity contribution in [1.29, 1.82) is 0 Å². The first-order chi connectivity index (χ1) is 10.1. The van der Waals surface area contributed by atoms with Crippen LogP contribution in [0.3, 0.4) is 0 Å². The van der Waals surface area contributed by atoms with Gasteiger partial charge >= 0.3 is 0 Å². The maximum absolute atomic E-state index is 12.4. The molecule has 0 bridgehead atoms. The van der Waals surface area contributed by atoms with Gasteiger partial charge in [-0.05, 0) is 25.2 Å². The lowest BCUT2D eigenvalue weighted by Gasteiger charge is -2.28.